The number of aliphatic hydroxyl groups excluding tert-OH is 1. The van der Waals surface area contributed by atoms with E-state index in [9.17, 15) is 9.90 Å². The van der Waals surface area contributed by atoms with Gasteiger partial charge >= 0.3 is 0 Å². The van der Waals surface area contributed by atoms with Gasteiger partial charge in [0.15, 0.2) is 5.76 Å². The molecule has 36 heavy (non-hydrogen) atoms. The molecule has 3 aliphatic heterocycles. The van der Waals surface area contributed by atoms with Crippen LogP contribution < -0.4 is 0 Å². The van der Waals surface area contributed by atoms with Crippen LogP contribution in [0, 0.1) is 11.8 Å². The molecule has 0 bridgehead atoms. The topological polar surface area (TPSA) is 62.2 Å². The molecule has 5 rings (SSSR count). The highest BCUT2D eigenvalue weighted by atomic mass is 16.7. The molecule has 3 heterocycles. The monoisotopic (exact) mass is 496 g/mol. The van der Waals surface area contributed by atoms with Gasteiger partial charge in [0, 0.05) is 25.6 Å². The summed E-state index contributed by atoms with van der Waals surface area (Å²) in [5, 5.41) is 9.29. The van der Waals surface area contributed by atoms with E-state index in [4.69, 9.17) is 9.47 Å². The van der Waals surface area contributed by atoms with Crippen molar-refractivity contribution in [2.24, 2.45) is 11.8 Å². The zero-order valence-electron chi connectivity index (χ0n) is 21.8. The molecule has 1 aliphatic carbocycles. The number of benzene rings is 1. The van der Waals surface area contributed by atoms with E-state index in [1.54, 1.807) is 0 Å². The number of rotatable bonds is 7. The molecule has 0 spiro atoms. The minimum atomic E-state index is -0.399. The lowest BCUT2D eigenvalue weighted by molar-refractivity contribution is -0.161. The quantitative estimate of drug-likeness (QED) is 0.576. The lowest BCUT2D eigenvalue weighted by atomic mass is 9.77. The number of aliphatic hydroxyl groups is 1. The van der Waals surface area contributed by atoms with E-state index in [-0.39, 0.29) is 12.5 Å². The molecule has 1 saturated carbocycles. The van der Waals surface area contributed by atoms with Crippen LogP contribution in [0.15, 0.2) is 36.1 Å². The first-order valence-corrected chi connectivity index (χ1v) is 14.4. The fourth-order valence-electron chi connectivity index (χ4n) is 6.63. The summed E-state index contributed by atoms with van der Waals surface area (Å²) in [5.41, 5.74) is 1.94. The van der Waals surface area contributed by atoms with Gasteiger partial charge < -0.3 is 24.4 Å². The maximum Gasteiger partial charge on any atom is 0.288 e. The number of nitrogens with zero attached hydrogens (tertiary/aromatic N) is 2. The summed E-state index contributed by atoms with van der Waals surface area (Å²) in [6.45, 7) is 4.56. The number of allylic oxidation sites excluding steroid dienone is 1. The standard InChI is InChI=1S/C30H44N2O4/c33-21-23-9-11-24(12-10-23)22-35-29-20-26(25-7-3-1-4-8-25)19-28(36-29)30(34)32-17-13-27(14-18-32)31-15-5-2-6-16-31/h9-12,19,25-27,29,33H,1-8,13-18,20-22H2/t26-,29+/m0/s1. The number of carbonyl (C=O) groups is 1. The predicted octanol–water partition coefficient (Wildman–Crippen LogP) is 5.00. The highest BCUT2D eigenvalue weighted by Crippen LogP contribution is 2.38. The lowest BCUT2D eigenvalue weighted by Crippen LogP contribution is -2.49. The van der Waals surface area contributed by atoms with E-state index in [1.165, 1.54) is 64.5 Å². The molecule has 0 unspecified atom stereocenters. The van der Waals surface area contributed by atoms with Gasteiger partial charge in [-0.1, -0.05) is 49.9 Å². The number of ether oxygens (including phenoxy) is 2. The normalized spacial score (nSPS) is 26.9. The van der Waals surface area contributed by atoms with Crippen molar-refractivity contribution in [3.05, 3.63) is 47.2 Å². The third-order valence-corrected chi connectivity index (χ3v) is 8.85. The minimum Gasteiger partial charge on any atom is -0.459 e. The number of piperidine rings is 2. The molecule has 0 aromatic heterocycles. The van der Waals surface area contributed by atoms with Crippen molar-refractivity contribution in [3.63, 3.8) is 0 Å². The van der Waals surface area contributed by atoms with Crippen LogP contribution in [-0.2, 0) is 27.5 Å². The third-order valence-electron chi connectivity index (χ3n) is 8.85. The van der Waals surface area contributed by atoms with Crippen LogP contribution in [0.4, 0.5) is 0 Å². The summed E-state index contributed by atoms with van der Waals surface area (Å²) >= 11 is 0. The smallest absolute Gasteiger partial charge is 0.288 e. The van der Waals surface area contributed by atoms with E-state index < -0.39 is 6.29 Å². The number of hydrogen-bond acceptors (Lipinski definition) is 5. The molecule has 1 aromatic rings. The average molecular weight is 497 g/mol. The fraction of sp³-hybridized carbons (Fsp3) is 0.700. The Morgan fingerprint density at radius 2 is 1.56 bits per heavy atom. The average Bonchev–Trinajstić information content (AvgIpc) is 2.97. The van der Waals surface area contributed by atoms with Crippen molar-refractivity contribution in [2.45, 2.75) is 96.2 Å². The highest BCUT2D eigenvalue weighted by molar-refractivity contribution is 5.91. The van der Waals surface area contributed by atoms with Crippen LogP contribution in [0.3, 0.4) is 0 Å². The van der Waals surface area contributed by atoms with Crippen LogP contribution in [0.1, 0.15) is 81.8 Å². The molecule has 4 aliphatic rings. The molecule has 6 nitrogen and oxygen atoms in total. The third kappa shape index (κ3) is 6.51. The van der Waals surface area contributed by atoms with E-state index in [2.05, 4.69) is 11.0 Å². The first-order valence-electron chi connectivity index (χ1n) is 14.4. The summed E-state index contributed by atoms with van der Waals surface area (Å²) in [6, 6.07) is 8.45. The molecule has 3 fully saturated rings. The van der Waals surface area contributed by atoms with Gasteiger partial charge in [0.25, 0.3) is 5.91 Å². The molecule has 1 N–H and O–H groups in total. The fourth-order valence-corrected chi connectivity index (χ4v) is 6.63. The molecule has 2 atom stereocenters. The first kappa shape index (κ1) is 25.7. The van der Waals surface area contributed by atoms with Crippen molar-refractivity contribution in [1.29, 1.82) is 0 Å². The maximum atomic E-state index is 13.6. The molecule has 198 valence electrons. The maximum absolute atomic E-state index is 13.6. The summed E-state index contributed by atoms with van der Waals surface area (Å²) < 4.78 is 12.5. The van der Waals surface area contributed by atoms with Gasteiger partial charge in [-0.2, -0.15) is 0 Å². The van der Waals surface area contributed by atoms with Crippen molar-refractivity contribution >= 4 is 5.91 Å². The van der Waals surface area contributed by atoms with Gasteiger partial charge in [0.1, 0.15) is 0 Å². The van der Waals surface area contributed by atoms with Crippen molar-refractivity contribution in [2.75, 3.05) is 26.2 Å². The van der Waals surface area contributed by atoms with Crippen molar-refractivity contribution < 1.29 is 19.4 Å². The van der Waals surface area contributed by atoms with Gasteiger partial charge in [-0.05, 0) is 80.7 Å². The Labute approximate surface area is 216 Å². The number of amides is 1. The van der Waals surface area contributed by atoms with Gasteiger partial charge in [-0.3, -0.25) is 4.79 Å². The summed E-state index contributed by atoms with van der Waals surface area (Å²) in [5.74, 6) is 1.51. The van der Waals surface area contributed by atoms with E-state index in [0.717, 1.165) is 43.5 Å². The van der Waals surface area contributed by atoms with E-state index in [1.807, 2.05) is 29.2 Å². The number of hydrogen-bond donors (Lipinski definition) is 1. The zero-order chi connectivity index (χ0) is 24.7. The molecular weight excluding hydrogens is 452 g/mol. The Hall–Kier alpha value is -1.89. The van der Waals surface area contributed by atoms with Crippen LogP contribution in [0.2, 0.25) is 0 Å². The molecule has 6 heteroatoms. The summed E-state index contributed by atoms with van der Waals surface area (Å²) in [7, 11) is 0. The predicted molar refractivity (Wildman–Crippen MR) is 140 cm³/mol. The van der Waals surface area contributed by atoms with Crippen molar-refractivity contribution in [1.82, 2.24) is 9.80 Å². The molecular formula is C30H44N2O4. The second-order valence-corrected chi connectivity index (χ2v) is 11.3. The van der Waals surface area contributed by atoms with Crippen LogP contribution in [0.5, 0.6) is 0 Å². The first-order chi connectivity index (χ1) is 17.7. The van der Waals surface area contributed by atoms with Gasteiger partial charge in [0.2, 0.25) is 6.29 Å². The van der Waals surface area contributed by atoms with Gasteiger partial charge in [-0.25, -0.2) is 0 Å². The molecule has 0 radical (unpaired) electrons. The van der Waals surface area contributed by atoms with Crippen molar-refractivity contribution in [3.8, 4) is 0 Å². The lowest BCUT2D eigenvalue weighted by Gasteiger charge is -2.41. The number of carbonyl (C=O) groups excluding carboxylic acids is 1. The Bertz CT molecular complexity index is 865. The Kier molecular flexibility index (Phi) is 8.99. The second kappa shape index (κ2) is 12.6. The molecule has 1 aromatic carbocycles. The number of likely N-dealkylation sites (tertiary alicyclic amines) is 2. The Balaban J connectivity index is 1.21. The van der Waals surface area contributed by atoms with Gasteiger partial charge in [0.05, 0.1) is 13.2 Å². The van der Waals surface area contributed by atoms with E-state index in [0.29, 0.717) is 30.2 Å². The largest absolute Gasteiger partial charge is 0.459 e. The van der Waals surface area contributed by atoms with Crippen LogP contribution in [0.25, 0.3) is 0 Å². The summed E-state index contributed by atoms with van der Waals surface area (Å²) in [6.07, 6.45) is 15.0. The van der Waals surface area contributed by atoms with Gasteiger partial charge in [-0.15, -0.1) is 0 Å². The Morgan fingerprint density at radius 1 is 0.889 bits per heavy atom. The molecule has 2 saturated heterocycles. The second-order valence-electron chi connectivity index (χ2n) is 11.3. The minimum absolute atomic E-state index is 0.0431. The SMILES string of the molecule is O=C(C1=C[C@H](C2CCCCC2)C[C@H](OCc2ccc(CO)cc2)O1)N1CCC(N2CCCCC2)CC1. The summed E-state index contributed by atoms with van der Waals surface area (Å²) in [4.78, 5) is 18.3. The highest BCUT2D eigenvalue weighted by Gasteiger charge is 2.36. The Morgan fingerprint density at radius 3 is 2.25 bits per heavy atom. The zero-order valence-corrected chi connectivity index (χ0v) is 21.8. The van der Waals surface area contributed by atoms with E-state index >= 15 is 0 Å². The van der Waals surface area contributed by atoms with Crippen LogP contribution in [-0.4, -0.2) is 59.3 Å². The van der Waals surface area contributed by atoms with Crippen LogP contribution >= 0.6 is 0 Å². The molecule has 1 amide bonds.